The summed E-state index contributed by atoms with van der Waals surface area (Å²) < 4.78 is 0. The van der Waals surface area contributed by atoms with E-state index in [9.17, 15) is 14.4 Å². The number of ketones is 1. The lowest BCUT2D eigenvalue weighted by Gasteiger charge is -2.31. The van der Waals surface area contributed by atoms with E-state index in [1.807, 2.05) is 23.6 Å². The van der Waals surface area contributed by atoms with Gasteiger partial charge in [0.15, 0.2) is 5.78 Å². The third kappa shape index (κ3) is 3.27. The van der Waals surface area contributed by atoms with Crippen molar-refractivity contribution in [3.63, 3.8) is 0 Å². The first-order valence-electron chi connectivity index (χ1n) is 10.6. The summed E-state index contributed by atoms with van der Waals surface area (Å²) in [5.74, 6) is 0.0355. The number of carbonyl (C=O) groups excluding carboxylic acids is 3. The molecule has 1 aromatic heterocycles. The van der Waals surface area contributed by atoms with Crippen molar-refractivity contribution in [2.45, 2.75) is 64.3 Å². The van der Waals surface area contributed by atoms with E-state index in [-0.39, 0.29) is 24.2 Å². The van der Waals surface area contributed by atoms with Crippen molar-refractivity contribution in [2.75, 3.05) is 6.54 Å². The van der Waals surface area contributed by atoms with Crippen LogP contribution in [0.1, 0.15) is 84.3 Å². The van der Waals surface area contributed by atoms with Crippen LogP contribution in [0.15, 0.2) is 29.6 Å². The molecule has 2 aliphatic rings. The molecule has 1 fully saturated rings. The number of amides is 3. The van der Waals surface area contributed by atoms with E-state index < -0.39 is 11.6 Å². The fourth-order valence-corrected chi connectivity index (χ4v) is 5.59. The molecule has 0 radical (unpaired) electrons. The second kappa shape index (κ2) is 7.65. The minimum atomic E-state index is -1.01. The maximum Gasteiger partial charge on any atom is 0.325 e. The summed E-state index contributed by atoms with van der Waals surface area (Å²) in [6.07, 6.45) is 2.35. The molecule has 0 saturated carbocycles. The summed E-state index contributed by atoms with van der Waals surface area (Å²) in [7, 11) is 0. The molecule has 6 heteroatoms. The maximum atomic E-state index is 13.4. The summed E-state index contributed by atoms with van der Waals surface area (Å²) in [5, 5.41) is 4.89. The average molecular weight is 425 g/mol. The molecule has 1 aliphatic heterocycles. The van der Waals surface area contributed by atoms with Crippen LogP contribution < -0.4 is 5.32 Å². The van der Waals surface area contributed by atoms with E-state index in [0.717, 1.165) is 33.7 Å². The van der Waals surface area contributed by atoms with Gasteiger partial charge in [0.2, 0.25) is 0 Å². The highest BCUT2D eigenvalue weighted by Gasteiger charge is 2.54. The zero-order chi connectivity index (χ0) is 21.6. The number of nitrogens with one attached hydrogen (secondary N) is 1. The van der Waals surface area contributed by atoms with Crippen LogP contribution in [-0.4, -0.2) is 29.2 Å². The van der Waals surface area contributed by atoms with Crippen LogP contribution in [0.5, 0.6) is 0 Å². The first-order chi connectivity index (χ1) is 14.2. The van der Waals surface area contributed by atoms with E-state index in [1.54, 1.807) is 11.3 Å². The van der Waals surface area contributed by atoms with Crippen molar-refractivity contribution in [1.82, 2.24) is 10.2 Å². The Bertz CT molecular complexity index is 1020. The standard InChI is InChI=1S/C24H28N2O3S/c1-14(2)16-7-8-17(18(12-16)15(3)4)20(27)13-26-22(28)24(25-23(26)29)10-5-6-21-19(24)9-11-30-21/h7-9,11-12,14-15H,5-6,10,13H2,1-4H3,(H,25,29)/t24-/m0/s1. The smallest absolute Gasteiger partial charge is 0.319 e. The SMILES string of the molecule is CC(C)c1ccc(C(=O)CN2C(=O)N[C@]3(CCCc4sccc43)C2=O)c(C(C)C)c1. The molecule has 3 amide bonds. The predicted octanol–water partition coefficient (Wildman–Crippen LogP) is 4.96. The Morgan fingerprint density at radius 3 is 2.63 bits per heavy atom. The minimum Gasteiger partial charge on any atom is -0.319 e. The van der Waals surface area contributed by atoms with Crippen LogP contribution in [0.3, 0.4) is 0 Å². The lowest BCUT2D eigenvalue weighted by molar-refractivity contribution is -0.131. The van der Waals surface area contributed by atoms with E-state index in [4.69, 9.17) is 0 Å². The van der Waals surface area contributed by atoms with Gasteiger partial charge in [0.05, 0.1) is 6.54 Å². The topological polar surface area (TPSA) is 66.5 Å². The molecule has 1 N–H and O–H groups in total. The Balaban J connectivity index is 1.62. The second-order valence-corrected chi connectivity index (χ2v) is 9.92. The number of carbonyl (C=O) groups is 3. The highest BCUT2D eigenvalue weighted by Crippen LogP contribution is 2.42. The molecule has 30 heavy (non-hydrogen) atoms. The van der Waals surface area contributed by atoms with Crippen molar-refractivity contribution in [3.05, 3.63) is 56.8 Å². The van der Waals surface area contributed by atoms with Crippen molar-refractivity contribution >= 4 is 29.1 Å². The fourth-order valence-electron chi connectivity index (χ4n) is 4.59. The van der Waals surface area contributed by atoms with Crippen LogP contribution in [-0.2, 0) is 16.8 Å². The number of rotatable bonds is 5. The number of Topliss-reactive ketones (excluding diaryl/α,β-unsaturated/α-hetero) is 1. The number of hydrogen-bond acceptors (Lipinski definition) is 4. The normalized spacial score (nSPS) is 20.9. The van der Waals surface area contributed by atoms with Gasteiger partial charge in [-0.25, -0.2) is 4.79 Å². The van der Waals surface area contributed by atoms with Crippen LogP contribution >= 0.6 is 11.3 Å². The lowest BCUT2D eigenvalue weighted by atomic mass is 9.80. The number of fused-ring (bicyclic) bond motifs is 2. The van der Waals surface area contributed by atoms with E-state index >= 15 is 0 Å². The summed E-state index contributed by atoms with van der Waals surface area (Å²) in [4.78, 5) is 41.6. The Labute approximate surface area is 181 Å². The molecule has 2 aromatic rings. The highest BCUT2D eigenvalue weighted by molar-refractivity contribution is 7.10. The van der Waals surface area contributed by atoms with Gasteiger partial charge < -0.3 is 5.32 Å². The van der Waals surface area contributed by atoms with Crippen LogP contribution in [0.25, 0.3) is 0 Å². The van der Waals surface area contributed by atoms with Crippen molar-refractivity contribution in [1.29, 1.82) is 0 Å². The molecule has 1 atom stereocenters. The molecule has 0 bridgehead atoms. The summed E-state index contributed by atoms with van der Waals surface area (Å²) in [6, 6.07) is 7.35. The number of imide groups is 1. The average Bonchev–Trinajstić information content (AvgIpc) is 3.28. The molecule has 4 rings (SSSR count). The zero-order valence-electron chi connectivity index (χ0n) is 18.0. The van der Waals surface area contributed by atoms with Gasteiger partial charge in [-0.15, -0.1) is 11.3 Å². The highest BCUT2D eigenvalue weighted by atomic mass is 32.1. The summed E-state index contributed by atoms with van der Waals surface area (Å²) in [5.41, 5.74) is 2.63. The van der Waals surface area contributed by atoms with Crippen molar-refractivity contribution < 1.29 is 14.4 Å². The zero-order valence-corrected chi connectivity index (χ0v) is 18.8. The monoisotopic (exact) mass is 424 g/mol. The molecular weight excluding hydrogens is 396 g/mol. The van der Waals surface area contributed by atoms with Crippen LogP contribution in [0, 0.1) is 0 Å². The number of aryl methyl sites for hydroxylation is 1. The molecule has 0 unspecified atom stereocenters. The third-order valence-corrected chi connectivity index (χ3v) is 7.28. The van der Waals surface area contributed by atoms with Gasteiger partial charge in [0, 0.05) is 16.0 Å². The lowest BCUT2D eigenvalue weighted by Crippen LogP contribution is -2.46. The van der Waals surface area contributed by atoms with Gasteiger partial charge >= 0.3 is 6.03 Å². The van der Waals surface area contributed by atoms with Gasteiger partial charge in [-0.3, -0.25) is 14.5 Å². The molecule has 1 aliphatic carbocycles. The fraction of sp³-hybridized carbons (Fsp3) is 0.458. The van der Waals surface area contributed by atoms with Gasteiger partial charge in [-0.05, 0) is 53.7 Å². The van der Waals surface area contributed by atoms with E-state index in [1.165, 1.54) is 5.56 Å². The van der Waals surface area contributed by atoms with Gasteiger partial charge in [0.1, 0.15) is 5.54 Å². The largest absolute Gasteiger partial charge is 0.325 e. The van der Waals surface area contributed by atoms with E-state index in [2.05, 4.69) is 39.1 Å². The first kappa shape index (κ1) is 20.8. The van der Waals surface area contributed by atoms with E-state index in [0.29, 0.717) is 17.9 Å². The maximum absolute atomic E-state index is 13.4. The molecule has 1 aromatic carbocycles. The number of hydrogen-bond donors (Lipinski definition) is 1. The second-order valence-electron chi connectivity index (χ2n) is 8.92. The Hall–Kier alpha value is -2.47. The van der Waals surface area contributed by atoms with Gasteiger partial charge in [-0.1, -0.05) is 45.9 Å². The molecule has 2 heterocycles. The van der Waals surface area contributed by atoms with Crippen molar-refractivity contribution in [3.8, 4) is 0 Å². The molecular formula is C24H28N2O3S. The molecule has 1 spiro atoms. The minimum absolute atomic E-state index is 0.170. The summed E-state index contributed by atoms with van der Waals surface area (Å²) in [6.45, 7) is 8.12. The predicted molar refractivity (Wildman–Crippen MR) is 118 cm³/mol. The number of nitrogens with zero attached hydrogens (tertiary/aromatic N) is 1. The molecule has 5 nitrogen and oxygen atoms in total. The van der Waals surface area contributed by atoms with Crippen molar-refractivity contribution in [2.24, 2.45) is 0 Å². The third-order valence-electron chi connectivity index (χ3n) is 6.30. The number of benzene rings is 1. The Kier molecular flexibility index (Phi) is 5.30. The van der Waals surface area contributed by atoms with Gasteiger partial charge in [0.25, 0.3) is 5.91 Å². The number of thiophene rings is 1. The van der Waals surface area contributed by atoms with Crippen LogP contribution in [0.2, 0.25) is 0 Å². The van der Waals surface area contributed by atoms with Gasteiger partial charge in [-0.2, -0.15) is 0 Å². The first-order valence-corrected chi connectivity index (χ1v) is 11.5. The Morgan fingerprint density at radius 2 is 1.93 bits per heavy atom. The molecule has 1 saturated heterocycles. The summed E-state index contributed by atoms with van der Waals surface area (Å²) >= 11 is 1.62. The molecule has 158 valence electrons. The number of urea groups is 1. The Morgan fingerprint density at radius 1 is 1.17 bits per heavy atom. The van der Waals surface area contributed by atoms with Crippen LogP contribution in [0.4, 0.5) is 4.79 Å². The quantitative estimate of drug-likeness (QED) is 0.545.